The van der Waals surface area contributed by atoms with Gasteiger partial charge in [-0.2, -0.15) is 5.10 Å². The summed E-state index contributed by atoms with van der Waals surface area (Å²) in [5, 5.41) is 12.3. The van der Waals surface area contributed by atoms with Crippen LogP contribution in [-0.2, 0) is 17.8 Å². The second-order valence-electron chi connectivity index (χ2n) is 6.10. The van der Waals surface area contributed by atoms with Crippen LogP contribution in [0.4, 0.5) is 0 Å². The molecule has 0 saturated carbocycles. The number of hydrogen-bond donors (Lipinski definition) is 2. The summed E-state index contributed by atoms with van der Waals surface area (Å²) in [6.45, 7) is 0.343. The van der Waals surface area contributed by atoms with Crippen LogP contribution in [0.15, 0.2) is 65.8 Å². The molecule has 27 heavy (non-hydrogen) atoms. The standard InChI is InChI=1S/C19H18N6O2/c26-18(20-10-8-14-12-21-16-5-2-1-4-15(14)16)13-25-19(27)7-6-17(23-25)24-11-3-9-22-24/h1-7,9,11-12,21H,8,10,13H2,(H,20,26). The first-order valence-electron chi connectivity index (χ1n) is 8.60. The van der Waals surface area contributed by atoms with Crippen LogP contribution in [-0.4, -0.2) is 37.0 Å². The summed E-state index contributed by atoms with van der Waals surface area (Å²) >= 11 is 0. The summed E-state index contributed by atoms with van der Waals surface area (Å²) in [6.07, 6.45) is 5.99. The van der Waals surface area contributed by atoms with Crippen molar-refractivity contribution in [2.24, 2.45) is 0 Å². The van der Waals surface area contributed by atoms with Crippen LogP contribution >= 0.6 is 0 Å². The van der Waals surface area contributed by atoms with Crippen molar-refractivity contribution in [3.8, 4) is 5.82 Å². The molecule has 0 unspecified atom stereocenters. The number of nitrogens with one attached hydrogen (secondary N) is 2. The maximum atomic E-state index is 12.2. The van der Waals surface area contributed by atoms with Crippen molar-refractivity contribution in [3.63, 3.8) is 0 Å². The van der Waals surface area contributed by atoms with E-state index in [9.17, 15) is 9.59 Å². The molecule has 2 N–H and O–H groups in total. The van der Waals surface area contributed by atoms with Crippen LogP contribution in [0.2, 0.25) is 0 Å². The molecule has 0 aliphatic rings. The smallest absolute Gasteiger partial charge is 0.267 e. The first kappa shape index (κ1) is 16.8. The topological polar surface area (TPSA) is 97.6 Å². The molecule has 8 nitrogen and oxygen atoms in total. The highest BCUT2D eigenvalue weighted by Gasteiger charge is 2.09. The summed E-state index contributed by atoms with van der Waals surface area (Å²) in [7, 11) is 0. The molecule has 0 fully saturated rings. The largest absolute Gasteiger partial charge is 0.361 e. The number of amides is 1. The lowest BCUT2D eigenvalue weighted by molar-refractivity contribution is -0.121. The fourth-order valence-corrected chi connectivity index (χ4v) is 2.94. The van der Waals surface area contributed by atoms with Gasteiger partial charge in [0.1, 0.15) is 6.54 Å². The van der Waals surface area contributed by atoms with Crippen LogP contribution < -0.4 is 10.9 Å². The van der Waals surface area contributed by atoms with Crippen molar-refractivity contribution >= 4 is 16.8 Å². The summed E-state index contributed by atoms with van der Waals surface area (Å²) in [5.41, 5.74) is 1.88. The zero-order chi connectivity index (χ0) is 18.6. The van der Waals surface area contributed by atoms with E-state index in [4.69, 9.17) is 0 Å². The minimum atomic E-state index is -0.335. The van der Waals surface area contributed by atoms with Crippen LogP contribution in [0.1, 0.15) is 5.56 Å². The molecule has 0 radical (unpaired) electrons. The highest BCUT2D eigenvalue weighted by molar-refractivity contribution is 5.83. The second kappa shape index (κ2) is 7.28. The third-order valence-corrected chi connectivity index (χ3v) is 4.28. The quantitative estimate of drug-likeness (QED) is 0.540. The molecule has 0 bridgehead atoms. The SMILES string of the molecule is O=C(Cn1nc(-n2cccn2)ccc1=O)NCCc1c[nH]c2ccccc12. The maximum absolute atomic E-state index is 12.2. The number of para-hydroxylation sites is 1. The third kappa shape index (κ3) is 3.64. The Morgan fingerprint density at radius 1 is 1.15 bits per heavy atom. The van der Waals surface area contributed by atoms with Gasteiger partial charge in [0.25, 0.3) is 5.56 Å². The Labute approximate surface area is 154 Å². The Morgan fingerprint density at radius 3 is 2.89 bits per heavy atom. The van der Waals surface area contributed by atoms with Gasteiger partial charge in [0.05, 0.1) is 0 Å². The van der Waals surface area contributed by atoms with Gasteiger partial charge in [0.2, 0.25) is 5.91 Å². The molecule has 1 aromatic carbocycles. The molecule has 1 amide bonds. The lowest BCUT2D eigenvalue weighted by atomic mass is 10.1. The Bertz CT molecular complexity index is 1130. The first-order chi connectivity index (χ1) is 13.2. The fourth-order valence-electron chi connectivity index (χ4n) is 2.94. The molecule has 0 spiro atoms. The number of carbonyl (C=O) groups is 1. The maximum Gasteiger partial charge on any atom is 0.267 e. The van der Waals surface area contributed by atoms with E-state index in [-0.39, 0.29) is 18.0 Å². The lowest BCUT2D eigenvalue weighted by Gasteiger charge is -2.08. The van der Waals surface area contributed by atoms with E-state index in [2.05, 4.69) is 20.5 Å². The van der Waals surface area contributed by atoms with E-state index >= 15 is 0 Å². The molecule has 4 aromatic rings. The van der Waals surface area contributed by atoms with Crippen LogP contribution in [0, 0.1) is 0 Å². The van der Waals surface area contributed by atoms with Gasteiger partial charge in [-0.05, 0) is 30.2 Å². The normalized spacial score (nSPS) is 11.0. The van der Waals surface area contributed by atoms with E-state index in [1.165, 1.54) is 10.7 Å². The third-order valence-electron chi connectivity index (χ3n) is 4.28. The molecule has 8 heteroatoms. The minimum absolute atomic E-state index is 0.137. The van der Waals surface area contributed by atoms with E-state index in [1.54, 1.807) is 24.5 Å². The number of aromatic amines is 1. The highest BCUT2D eigenvalue weighted by Crippen LogP contribution is 2.17. The predicted octanol–water partition coefficient (Wildman–Crippen LogP) is 1.27. The molecule has 0 saturated heterocycles. The number of aromatic nitrogens is 5. The van der Waals surface area contributed by atoms with Crippen LogP contribution in [0.3, 0.4) is 0 Å². The molecule has 4 rings (SSSR count). The van der Waals surface area contributed by atoms with Gasteiger partial charge >= 0.3 is 0 Å². The van der Waals surface area contributed by atoms with Crippen molar-refractivity contribution in [2.45, 2.75) is 13.0 Å². The van der Waals surface area contributed by atoms with Gasteiger partial charge in [-0.15, -0.1) is 5.10 Å². The van der Waals surface area contributed by atoms with Crippen molar-refractivity contribution < 1.29 is 4.79 Å². The summed E-state index contributed by atoms with van der Waals surface area (Å²) < 4.78 is 2.67. The molecule has 3 heterocycles. The Balaban J connectivity index is 1.38. The Morgan fingerprint density at radius 2 is 2.04 bits per heavy atom. The molecule has 136 valence electrons. The Kier molecular flexibility index (Phi) is 4.52. The van der Waals surface area contributed by atoms with Crippen molar-refractivity contribution in [1.82, 2.24) is 29.9 Å². The summed E-state index contributed by atoms with van der Waals surface area (Å²) in [5.74, 6) is 0.216. The number of rotatable bonds is 6. The number of carbonyl (C=O) groups excluding carboxylic acids is 1. The van der Waals surface area contributed by atoms with Gasteiger partial charge in [-0.1, -0.05) is 18.2 Å². The molecule has 0 aliphatic carbocycles. The number of fused-ring (bicyclic) bond motifs is 1. The first-order valence-corrected chi connectivity index (χ1v) is 8.60. The molecular formula is C19H18N6O2. The van der Waals surface area contributed by atoms with Crippen molar-refractivity contribution in [1.29, 1.82) is 0 Å². The van der Waals surface area contributed by atoms with Crippen molar-refractivity contribution in [3.05, 3.63) is 77.0 Å². The number of nitrogens with zero attached hydrogens (tertiary/aromatic N) is 4. The number of H-pyrrole nitrogens is 1. The van der Waals surface area contributed by atoms with E-state index in [1.807, 2.05) is 30.5 Å². The van der Waals surface area contributed by atoms with Crippen LogP contribution in [0.5, 0.6) is 0 Å². The Hall–Kier alpha value is -3.68. The minimum Gasteiger partial charge on any atom is -0.361 e. The van der Waals surface area contributed by atoms with Gasteiger partial charge in [-0.3, -0.25) is 9.59 Å². The van der Waals surface area contributed by atoms with Gasteiger partial charge in [0, 0.05) is 42.1 Å². The average Bonchev–Trinajstić information content (AvgIpc) is 3.34. The van der Waals surface area contributed by atoms with Gasteiger partial charge in [0.15, 0.2) is 5.82 Å². The van der Waals surface area contributed by atoms with Gasteiger partial charge in [-0.25, -0.2) is 9.36 Å². The monoisotopic (exact) mass is 362 g/mol. The molecule has 3 aromatic heterocycles. The van der Waals surface area contributed by atoms with Crippen LogP contribution in [0.25, 0.3) is 16.7 Å². The zero-order valence-corrected chi connectivity index (χ0v) is 14.5. The predicted molar refractivity (Wildman–Crippen MR) is 101 cm³/mol. The number of hydrogen-bond acceptors (Lipinski definition) is 4. The fraction of sp³-hybridized carbons (Fsp3) is 0.158. The van der Waals surface area contributed by atoms with Crippen molar-refractivity contribution in [2.75, 3.05) is 6.54 Å². The lowest BCUT2D eigenvalue weighted by Crippen LogP contribution is -2.34. The molecular weight excluding hydrogens is 344 g/mol. The van der Waals surface area contributed by atoms with E-state index in [0.29, 0.717) is 18.8 Å². The highest BCUT2D eigenvalue weighted by atomic mass is 16.2. The summed E-state index contributed by atoms with van der Waals surface area (Å²) in [6, 6.07) is 12.7. The van der Waals surface area contributed by atoms with E-state index in [0.717, 1.165) is 21.1 Å². The van der Waals surface area contributed by atoms with Gasteiger partial charge < -0.3 is 10.3 Å². The van der Waals surface area contributed by atoms with E-state index < -0.39 is 0 Å². The average molecular weight is 362 g/mol. The zero-order valence-electron chi connectivity index (χ0n) is 14.5. The molecule has 0 atom stereocenters. The molecule has 0 aliphatic heterocycles. The summed E-state index contributed by atoms with van der Waals surface area (Å²) in [4.78, 5) is 27.4. The second-order valence-corrected chi connectivity index (χ2v) is 6.10. The number of benzene rings is 1.